The van der Waals surface area contributed by atoms with Gasteiger partial charge in [-0.1, -0.05) is 28.4 Å². The van der Waals surface area contributed by atoms with Crippen molar-refractivity contribution in [3.8, 4) is 0 Å². The van der Waals surface area contributed by atoms with Gasteiger partial charge in [0.2, 0.25) is 12.0 Å². The predicted octanol–water partition coefficient (Wildman–Crippen LogP) is 4.15. The lowest BCUT2D eigenvalue weighted by molar-refractivity contribution is -0.125. The second-order valence-electron chi connectivity index (χ2n) is 5.30. The van der Waals surface area contributed by atoms with Crippen molar-refractivity contribution >= 4 is 63.4 Å². The van der Waals surface area contributed by atoms with E-state index in [0.29, 0.717) is 32.9 Å². The fraction of sp³-hybridized carbons (Fsp3) is 0.188. The van der Waals surface area contributed by atoms with Crippen LogP contribution in [0.3, 0.4) is 0 Å². The Morgan fingerprint density at radius 3 is 2.72 bits per heavy atom. The number of oxime groups is 1. The van der Waals surface area contributed by atoms with Crippen LogP contribution in [-0.4, -0.2) is 23.6 Å². The molecular formula is C16H13Cl2N3O3S. The lowest BCUT2D eigenvalue weighted by atomic mass is 10.1. The fourth-order valence-electron chi connectivity index (χ4n) is 2.24. The summed E-state index contributed by atoms with van der Waals surface area (Å²) in [5.74, 6) is -0.588. The molecule has 3 rings (SSSR count). The third-order valence-electron chi connectivity index (χ3n) is 3.36. The lowest BCUT2D eigenvalue weighted by Gasteiger charge is -2.11. The number of halogens is 2. The average Bonchev–Trinajstić information content (AvgIpc) is 3.19. The maximum absolute atomic E-state index is 12.4. The summed E-state index contributed by atoms with van der Waals surface area (Å²) in [6.07, 6.45) is -0.370. The molecule has 25 heavy (non-hydrogen) atoms. The molecule has 0 bridgehead atoms. The number of amides is 2. The van der Waals surface area contributed by atoms with Crippen molar-refractivity contribution in [1.82, 2.24) is 0 Å². The van der Waals surface area contributed by atoms with Crippen molar-refractivity contribution < 1.29 is 14.4 Å². The molecule has 2 heterocycles. The molecule has 2 amide bonds. The molecule has 0 aliphatic carbocycles. The summed E-state index contributed by atoms with van der Waals surface area (Å²) in [5.41, 5.74) is 1.60. The molecule has 130 valence electrons. The number of nitrogens with one attached hydrogen (secondary N) is 2. The van der Waals surface area contributed by atoms with Crippen molar-refractivity contribution in [2.75, 3.05) is 10.6 Å². The van der Waals surface area contributed by atoms with Gasteiger partial charge in [-0.15, -0.1) is 11.3 Å². The van der Waals surface area contributed by atoms with Gasteiger partial charge in [-0.05, 0) is 30.3 Å². The molecular weight excluding hydrogens is 385 g/mol. The minimum absolute atomic E-state index is 0.253. The van der Waals surface area contributed by atoms with E-state index in [1.54, 1.807) is 24.3 Å². The highest BCUT2D eigenvalue weighted by Gasteiger charge is 2.29. The van der Waals surface area contributed by atoms with E-state index < -0.39 is 6.10 Å². The zero-order valence-corrected chi connectivity index (χ0v) is 15.3. The molecule has 0 saturated heterocycles. The van der Waals surface area contributed by atoms with Crippen LogP contribution in [0, 0.1) is 0 Å². The first-order chi connectivity index (χ1) is 11.9. The Morgan fingerprint density at radius 2 is 2.04 bits per heavy atom. The molecule has 1 aliphatic rings. The smallest absolute Gasteiger partial charge is 0.268 e. The van der Waals surface area contributed by atoms with E-state index >= 15 is 0 Å². The number of nitrogens with zero attached hydrogens (tertiary/aromatic N) is 1. The molecule has 1 aromatic heterocycles. The van der Waals surface area contributed by atoms with Crippen LogP contribution in [0.5, 0.6) is 0 Å². The second-order valence-corrected chi connectivity index (χ2v) is 7.43. The number of anilines is 2. The van der Waals surface area contributed by atoms with Crippen molar-refractivity contribution in [1.29, 1.82) is 0 Å². The zero-order valence-electron chi connectivity index (χ0n) is 13.0. The Bertz CT molecular complexity index is 866. The van der Waals surface area contributed by atoms with Gasteiger partial charge in [-0.25, -0.2) is 0 Å². The number of hydrogen-bond acceptors (Lipinski definition) is 5. The Hall–Kier alpha value is -2.09. The average molecular weight is 398 g/mol. The summed E-state index contributed by atoms with van der Waals surface area (Å²) in [4.78, 5) is 29.6. The standard InChI is InChI=1S/C16H13Cl2N3O3S/c1-8(22)19-11-6-9(2-3-10(11)17)20-16(23)13-7-12(21-24-13)14-4-5-15(18)25-14/h2-6,13H,7H2,1H3,(H,19,22)(H,20,23)/t13-/m0/s1. The summed E-state index contributed by atoms with van der Waals surface area (Å²) < 4.78 is 0.650. The third-order valence-corrected chi connectivity index (χ3v) is 4.97. The minimum atomic E-state index is -0.726. The first-order valence-corrected chi connectivity index (χ1v) is 8.86. The van der Waals surface area contributed by atoms with Crippen molar-refractivity contribution in [2.24, 2.45) is 5.16 Å². The fourth-order valence-corrected chi connectivity index (χ4v) is 3.44. The summed E-state index contributed by atoms with van der Waals surface area (Å²) in [7, 11) is 0. The summed E-state index contributed by atoms with van der Waals surface area (Å²) >= 11 is 13.3. The van der Waals surface area contributed by atoms with Crippen molar-refractivity contribution in [3.63, 3.8) is 0 Å². The van der Waals surface area contributed by atoms with E-state index in [4.69, 9.17) is 28.0 Å². The highest BCUT2D eigenvalue weighted by Crippen LogP contribution is 2.28. The van der Waals surface area contributed by atoms with Crippen LogP contribution in [0.2, 0.25) is 9.36 Å². The number of carbonyl (C=O) groups is 2. The van der Waals surface area contributed by atoms with Gasteiger partial charge in [0.15, 0.2) is 0 Å². The number of thiophene rings is 1. The molecule has 0 radical (unpaired) electrons. The molecule has 2 aromatic rings. The van der Waals surface area contributed by atoms with Crippen LogP contribution in [-0.2, 0) is 14.4 Å². The highest BCUT2D eigenvalue weighted by atomic mass is 35.5. The zero-order chi connectivity index (χ0) is 18.0. The topological polar surface area (TPSA) is 79.8 Å². The van der Waals surface area contributed by atoms with Gasteiger partial charge in [-0.2, -0.15) is 0 Å². The van der Waals surface area contributed by atoms with Crippen molar-refractivity contribution in [3.05, 3.63) is 44.6 Å². The summed E-state index contributed by atoms with van der Waals surface area (Å²) in [6, 6.07) is 8.43. The van der Waals surface area contributed by atoms with Crippen LogP contribution in [0.15, 0.2) is 35.5 Å². The second kappa shape index (κ2) is 7.43. The number of benzene rings is 1. The van der Waals surface area contributed by atoms with E-state index in [-0.39, 0.29) is 11.8 Å². The van der Waals surface area contributed by atoms with Crippen molar-refractivity contribution in [2.45, 2.75) is 19.4 Å². The molecule has 0 spiro atoms. The Morgan fingerprint density at radius 1 is 1.24 bits per heavy atom. The molecule has 1 atom stereocenters. The number of hydrogen-bond donors (Lipinski definition) is 2. The van der Waals surface area contributed by atoms with Gasteiger partial charge in [0.05, 0.1) is 19.9 Å². The number of rotatable bonds is 4. The van der Waals surface area contributed by atoms with Gasteiger partial charge in [0.1, 0.15) is 5.71 Å². The normalized spacial score (nSPS) is 16.1. The Balaban J connectivity index is 1.64. The third kappa shape index (κ3) is 4.31. The molecule has 6 nitrogen and oxygen atoms in total. The van der Waals surface area contributed by atoms with Crippen LogP contribution in [0.25, 0.3) is 0 Å². The summed E-state index contributed by atoms with van der Waals surface area (Å²) in [6.45, 7) is 1.38. The van der Waals surface area contributed by atoms with Crippen LogP contribution < -0.4 is 10.6 Å². The molecule has 0 saturated carbocycles. The molecule has 0 fully saturated rings. The van der Waals surface area contributed by atoms with Gasteiger partial charge in [-0.3, -0.25) is 9.59 Å². The van der Waals surface area contributed by atoms with E-state index in [9.17, 15) is 9.59 Å². The highest BCUT2D eigenvalue weighted by molar-refractivity contribution is 7.18. The Kier molecular flexibility index (Phi) is 5.27. The van der Waals surface area contributed by atoms with E-state index in [0.717, 1.165) is 4.88 Å². The van der Waals surface area contributed by atoms with Gasteiger partial charge in [0.25, 0.3) is 5.91 Å². The van der Waals surface area contributed by atoms with Gasteiger partial charge < -0.3 is 15.5 Å². The van der Waals surface area contributed by atoms with Crippen LogP contribution >= 0.6 is 34.5 Å². The molecule has 9 heteroatoms. The van der Waals surface area contributed by atoms with E-state index in [1.165, 1.54) is 18.3 Å². The molecule has 0 unspecified atom stereocenters. The van der Waals surface area contributed by atoms with Crippen LogP contribution in [0.1, 0.15) is 18.2 Å². The van der Waals surface area contributed by atoms with Gasteiger partial charge in [0, 0.05) is 19.0 Å². The molecule has 1 aliphatic heterocycles. The first-order valence-electron chi connectivity index (χ1n) is 7.29. The SMILES string of the molecule is CC(=O)Nc1cc(NC(=O)[C@@H]2CC(c3ccc(Cl)s3)=NO2)ccc1Cl. The minimum Gasteiger partial charge on any atom is -0.382 e. The van der Waals surface area contributed by atoms with E-state index in [2.05, 4.69) is 15.8 Å². The van der Waals surface area contributed by atoms with E-state index in [1.807, 2.05) is 6.07 Å². The summed E-state index contributed by atoms with van der Waals surface area (Å²) in [5, 5.41) is 9.68. The van der Waals surface area contributed by atoms with Crippen LogP contribution in [0.4, 0.5) is 11.4 Å². The van der Waals surface area contributed by atoms with Gasteiger partial charge >= 0.3 is 0 Å². The Labute approximate surface area is 157 Å². The number of carbonyl (C=O) groups excluding carboxylic acids is 2. The maximum Gasteiger partial charge on any atom is 0.268 e. The maximum atomic E-state index is 12.4. The lowest BCUT2D eigenvalue weighted by Crippen LogP contribution is -2.28. The first kappa shape index (κ1) is 17.7. The predicted molar refractivity (Wildman–Crippen MR) is 99.7 cm³/mol. The molecule has 2 N–H and O–H groups in total. The largest absolute Gasteiger partial charge is 0.382 e. The quantitative estimate of drug-likeness (QED) is 0.812. The molecule has 1 aromatic carbocycles. The monoisotopic (exact) mass is 397 g/mol.